The lowest BCUT2D eigenvalue weighted by Crippen LogP contribution is -1.90. The molecule has 0 atom stereocenters. The first-order valence-corrected chi connectivity index (χ1v) is 5.90. The summed E-state index contributed by atoms with van der Waals surface area (Å²) < 4.78 is 10.5. The van der Waals surface area contributed by atoms with Gasteiger partial charge in [-0.05, 0) is 47.7 Å². The van der Waals surface area contributed by atoms with Gasteiger partial charge in [-0.15, -0.1) is 11.3 Å². The Morgan fingerprint density at radius 3 is 2.31 bits per heavy atom. The summed E-state index contributed by atoms with van der Waals surface area (Å²) in [6.07, 6.45) is 0. The van der Waals surface area contributed by atoms with Crippen LogP contribution in [0.15, 0.2) is 29.6 Å². The van der Waals surface area contributed by atoms with Crippen LogP contribution in [0.4, 0.5) is 0 Å². The van der Waals surface area contributed by atoms with E-state index < -0.39 is 0 Å². The predicted molar refractivity (Wildman–Crippen MR) is 67.6 cm³/mol. The highest BCUT2D eigenvalue weighted by molar-refractivity contribution is 7.13. The molecule has 0 saturated carbocycles. The maximum Gasteiger partial charge on any atom is 0.161 e. The number of ether oxygens (including phenoxy) is 2. The molecule has 1 aromatic heterocycles. The number of hydrogen-bond acceptors (Lipinski definition) is 3. The van der Waals surface area contributed by atoms with Gasteiger partial charge in [-0.25, -0.2) is 0 Å². The molecule has 2 nitrogen and oxygen atoms in total. The van der Waals surface area contributed by atoms with E-state index in [9.17, 15) is 0 Å². The lowest BCUT2D eigenvalue weighted by Gasteiger charge is -2.09. The molecule has 1 heterocycles. The number of rotatable bonds is 3. The number of thiophene rings is 1. The monoisotopic (exact) mass is 234 g/mol. The van der Waals surface area contributed by atoms with Gasteiger partial charge < -0.3 is 9.47 Å². The molecule has 0 fully saturated rings. The molecule has 2 aromatic rings. The molecule has 0 aliphatic carbocycles. The van der Waals surface area contributed by atoms with Crippen molar-refractivity contribution in [2.75, 3.05) is 14.2 Å². The van der Waals surface area contributed by atoms with Crippen LogP contribution in [0, 0.1) is 6.92 Å². The highest BCUT2D eigenvalue weighted by Crippen LogP contribution is 2.35. The van der Waals surface area contributed by atoms with Gasteiger partial charge in [-0.2, -0.15) is 0 Å². The van der Waals surface area contributed by atoms with Crippen LogP contribution >= 0.6 is 11.3 Å². The summed E-state index contributed by atoms with van der Waals surface area (Å²) in [4.78, 5) is 1.28. The molecular weight excluding hydrogens is 220 g/mol. The molecule has 0 spiro atoms. The summed E-state index contributed by atoms with van der Waals surface area (Å²) in [7, 11) is 3.30. The van der Waals surface area contributed by atoms with Crippen molar-refractivity contribution >= 4 is 11.3 Å². The first kappa shape index (κ1) is 11.0. The summed E-state index contributed by atoms with van der Waals surface area (Å²) in [5.74, 6) is 1.54. The van der Waals surface area contributed by atoms with Gasteiger partial charge in [0, 0.05) is 4.88 Å². The highest BCUT2D eigenvalue weighted by Gasteiger charge is 2.08. The van der Waals surface area contributed by atoms with Gasteiger partial charge in [0.15, 0.2) is 11.5 Å². The van der Waals surface area contributed by atoms with E-state index in [1.165, 1.54) is 16.0 Å². The Hall–Kier alpha value is -1.48. The van der Waals surface area contributed by atoms with Crippen molar-refractivity contribution in [1.29, 1.82) is 0 Å². The van der Waals surface area contributed by atoms with Gasteiger partial charge in [-0.3, -0.25) is 0 Å². The van der Waals surface area contributed by atoms with E-state index in [0.29, 0.717) is 0 Å². The van der Waals surface area contributed by atoms with Crippen molar-refractivity contribution in [3.63, 3.8) is 0 Å². The summed E-state index contributed by atoms with van der Waals surface area (Å²) in [6, 6.07) is 8.13. The summed E-state index contributed by atoms with van der Waals surface area (Å²) >= 11 is 1.74. The van der Waals surface area contributed by atoms with E-state index in [-0.39, 0.29) is 0 Å². The van der Waals surface area contributed by atoms with Crippen LogP contribution in [0.1, 0.15) is 5.56 Å². The average Bonchev–Trinajstić information content (AvgIpc) is 2.74. The molecule has 0 bridgehead atoms. The largest absolute Gasteiger partial charge is 0.493 e. The number of benzene rings is 1. The first-order valence-electron chi connectivity index (χ1n) is 5.02. The van der Waals surface area contributed by atoms with Gasteiger partial charge in [0.25, 0.3) is 0 Å². The number of methoxy groups -OCH3 is 2. The molecule has 0 amide bonds. The van der Waals surface area contributed by atoms with Crippen molar-refractivity contribution in [2.45, 2.75) is 6.92 Å². The van der Waals surface area contributed by atoms with E-state index in [1.54, 1.807) is 25.6 Å². The van der Waals surface area contributed by atoms with Gasteiger partial charge in [0.2, 0.25) is 0 Å². The van der Waals surface area contributed by atoms with Crippen LogP contribution < -0.4 is 9.47 Å². The summed E-state index contributed by atoms with van der Waals surface area (Å²) in [6.45, 7) is 2.11. The molecule has 0 unspecified atom stereocenters. The zero-order valence-electron chi connectivity index (χ0n) is 9.61. The zero-order valence-corrected chi connectivity index (χ0v) is 10.4. The summed E-state index contributed by atoms with van der Waals surface area (Å²) in [5.41, 5.74) is 2.46. The van der Waals surface area contributed by atoms with E-state index in [2.05, 4.69) is 24.4 Å². The second kappa shape index (κ2) is 4.58. The third-order valence-electron chi connectivity index (χ3n) is 2.51. The average molecular weight is 234 g/mol. The van der Waals surface area contributed by atoms with Crippen molar-refractivity contribution in [3.8, 4) is 21.9 Å². The molecular formula is C13H14O2S. The van der Waals surface area contributed by atoms with Gasteiger partial charge in [-0.1, -0.05) is 0 Å². The van der Waals surface area contributed by atoms with Crippen LogP contribution in [0.25, 0.3) is 10.4 Å². The Balaban J connectivity index is 2.48. The molecule has 3 heteroatoms. The maximum absolute atomic E-state index is 5.29. The molecule has 0 aliphatic rings. The van der Waals surface area contributed by atoms with Gasteiger partial charge in [0.05, 0.1) is 14.2 Å². The smallest absolute Gasteiger partial charge is 0.161 e. The Labute approximate surface area is 99.5 Å². The number of hydrogen-bond donors (Lipinski definition) is 0. The Morgan fingerprint density at radius 2 is 1.75 bits per heavy atom. The molecule has 84 valence electrons. The Morgan fingerprint density at radius 1 is 1.00 bits per heavy atom. The fourth-order valence-electron chi connectivity index (χ4n) is 1.65. The molecule has 0 N–H and O–H groups in total. The third-order valence-corrected chi connectivity index (χ3v) is 3.57. The Kier molecular flexibility index (Phi) is 3.15. The molecule has 1 aromatic carbocycles. The predicted octanol–water partition coefficient (Wildman–Crippen LogP) is 3.74. The van der Waals surface area contributed by atoms with Crippen molar-refractivity contribution < 1.29 is 9.47 Å². The summed E-state index contributed by atoms with van der Waals surface area (Å²) in [5, 5.41) is 2.10. The topological polar surface area (TPSA) is 18.5 Å². The van der Waals surface area contributed by atoms with Crippen molar-refractivity contribution in [2.24, 2.45) is 0 Å². The molecule has 16 heavy (non-hydrogen) atoms. The lowest BCUT2D eigenvalue weighted by atomic mass is 10.1. The Bertz CT molecular complexity index is 488. The van der Waals surface area contributed by atoms with E-state index in [4.69, 9.17) is 9.47 Å². The maximum atomic E-state index is 5.29. The quantitative estimate of drug-likeness (QED) is 0.805. The lowest BCUT2D eigenvalue weighted by molar-refractivity contribution is 0.355. The highest BCUT2D eigenvalue weighted by atomic mass is 32.1. The van der Waals surface area contributed by atoms with Crippen LogP contribution in [-0.4, -0.2) is 14.2 Å². The standard InChI is InChI=1S/C13H14O2S/c1-9-6-7-16-13(9)10-4-5-11(14-2)12(8-10)15-3/h4-8H,1-3H3. The van der Waals surface area contributed by atoms with Gasteiger partial charge in [0.1, 0.15) is 0 Å². The molecule has 0 aliphatic heterocycles. The SMILES string of the molecule is COc1ccc(-c2sccc2C)cc1OC. The fraction of sp³-hybridized carbons (Fsp3) is 0.231. The number of aryl methyl sites for hydroxylation is 1. The first-order chi connectivity index (χ1) is 7.76. The van der Waals surface area contributed by atoms with Crippen LogP contribution in [0.2, 0.25) is 0 Å². The van der Waals surface area contributed by atoms with Crippen molar-refractivity contribution in [3.05, 3.63) is 35.2 Å². The minimum absolute atomic E-state index is 0.764. The zero-order chi connectivity index (χ0) is 11.5. The molecule has 0 radical (unpaired) electrons. The molecule has 2 rings (SSSR count). The molecule has 0 saturated heterocycles. The van der Waals surface area contributed by atoms with E-state index >= 15 is 0 Å². The second-order valence-corrected chi connectivity index (χ2v) is 4.42. The van der Waals surface area contributed by atoms with E-state index in [0.717, 1.165) is 11.5 Å². The van der Waals surface area contributed by atoms with E-state index in [1.807, 2.05) is 12.1 Å². The minimum Gasteiger partial charge on any atom is -0.493 e. The second-order valence-electron chi connectivity index (χ2n) is 3.50. The van der Waals surface area contributed by atoms with Crippen molar-refractivity contribution in [1.82, 2.24) is 0 Å². The van der Waals surface area contributed by atoms with Crippen LogP contribution in [-0.2, 0) is 0 Å². The third kappa shape index (κ3) is 1.91. The van der Waals surface area contributed by atoms with Gasteiger partial charge >= 0.3 is 0 Å². The van der Waals surface area contributed by atoms with Crippen LogP contribution in [0.3, 0.4) is 0 Å². The van der Waals surface area contributed by atoms with Crippen LogP contribution in [0.5, 0.6) is 11.5 Å². The normalized spacial score (nSPS) is 10.2. The minimum atomic E-state index is 0.764. The fourth-order valence-corrected chi connectivity index (χ4v) is 2.57.